The summed E-state index contributed by atoms with van der Waals surface area (Å²) in [7, 11) is 1.30. The molecule has 1 fully saturated rings. The van der Waals surface area contributed by atoms with Crippen LogP contribution in [0.25, 0.3) is 0 Å². The van der Waals surface area contributed by atoms with Gasteiger partial charge in [0.15, 0.2) is 5.79 Å². The van der Waals surface area contributed by atoms with Crippen LogP contribution in [0, 0.1) is 11.8 Å². The maximum absolute atomic E-state index is 11.5. The summed E-state index contributed by atoms with van der Waals surface area (Å²) < 4.78 is 10.4. The van der Waals surface area contributed by atoms with Crippen molar-refractivity contribution in [3.63, 3.8) is 0 Å². The second-order valence-electron chi connectivity index (χ2n) is 3.89. The molecule has 0 aromatic heterocycles. The zero-order chi connectivity index (χ0) is 13.9. The van der Waals surface area contributed by atoms with Crippen molar-refractivity contribution in [2.24, 2.45) is 11.8 Å². The van der Waals surface area contributed by atoms with Crippen LogP contribution in [0.4, 0.5) is 0 Å². The molecule has 18 heavy (non-hydrogen) atoms. The molecule has 8 heteroatoms. The Labute approximate surface area is 119 Å². The topological polar surface area (TPSA) is 69.7 Å². The van der Waals surface area contributed by atoms with Gasteiger partial charge in [-0.15, -0.1) is 0 Å². The van der Waals surface area contributed by atoms with Crippen LogP contribution < -0.4 is 0 Å². The second kappa shape index (κ2) is 6.30. The number of halogens is 3. The van der Waals surface area contributed by atoms with Crippen molar-refractivity contribution in [2.45, 2.75) is 18.6 Å². The van der Waals surface area contributed by atoms with E-state index in [9.17, 15) is 14.4 Å². The van der Waals surface area contributed by atoms with Gasteiger partial charge in [0.25, 0.3) is 0 Å². The number of carbonyl (C=O) groups is 3. The molecule has 3 unspecified atom stereocenters. The van der Waals surface area contributed by atoms with Gasteiger partial charge in [0, 0.05) is 19.4 Å². The maximum Gasteiger partial charge on any atom is 0.247 e. The molecule has 0 amide bonds. The lowest BCUT2D eigenvalue weighted by Crippen LogP contribution is -2.45. The van der Waals surface area contributed by atoms with Crippen LogP contribution in [-0.4, -0.2) is 35.2 Å². The lowest BCUT2D eigenvalue weighted by atomic mass is 9.95. The van der Waals surface area contributed by atoms with Crippen molar-refractivity contribution in [1.29, 1.82) is 0 Å². The summed E-state index contributed by atoms with van der Waals surface area (Å²) in [5.74, 6) is -3.27. The van der Waals surface area contributed by atoms with Crippen molar-refractivity contribution in [2.75, 3.05) is 13.7 Å². The molecule has 0 N–H and O–H groups in total. The third kappa shape index (κ3) is 3.22. The summed E-state index contributed by atoms with van der Waals surface area (Å²) >= 11 is 16.1. The Balaban J connectivity index is 2.98. The van der Waals surface area contributed by atoms with Crippen LogP contribution in [0.15, 0.2) is 0 Å². The number of ether oxygens (including phenoxy) is 2. The van der Waals surface area contributed by atoms with E-state index in [0.717, 1.165) is 0 Å². The minimum Gasteiger partial charge on any atom is -0.352 e. The van der Waals surface area contributed by atoms with E-state index < -0.39 is 40.0 Å². The van der Waals surface area contributed by atoms with E-state index in [4.69, 9.17) is 44.3 Å². The number of hydrogen-bond acceptors (Lipinski definition) is 5. The standard InChI is InChI=1S/C10H11Cl3O5/c1-17-10(18-4-6(11)14)3-2-5(8(12)15)7(10)9(13)16/h5,7H,2-4H2,1H3. The van der Waals surface area contributed by atoms with Crippen molar-refractivity contribution in [1.82, 2.24) is 0 Å². The minimum absolute atomic E-state index is 0.222. The summed E-state index contributed by atoms with van der Waals surface area (Å²) in [4.78, 5) is 33.4. The summed E-state index contributed by atoms with van der Waals surface area (Å²) in [5.41, 5.74) is 0. The Morgan fingerprint density at radius 1 is 1.22 bits per heavy atom. The van der Waals surface area contributed by atoms with Crippen LogP contribution >= 0.6 is 34.8 Å². The Hall–Kier alpha value is -0.200. The molecule has 0 spiro atoms. The van der Waals surface area contributed by atoms with Crippen LogP contribution in [0.2, 0.25) is 0 Å². The van der Waals surface area contributed by atoms with Gasteiger partial charge in [-0.2, -0.15) is 0 Å². The molecule has 0 radical (unpaired) electrons. The summed E-state index contributed by atoms with van der Waals surface area (Å²) in [6.45, 7) is -0.445. The van der Waals surface area contributed by atoms with Gasteiger partial charge in [0.2, 0.25) is 15.7 Å². The first-order valence-electron chi connectivity index (χ1n) is 5.10. The first kappa shape index (κ1) is 15.9. The van der Waals surface area contributed by atoms with E-state index in [0.29, 0.717) is 0 Å². The number of rotatable bonds is 6. The first-order chi connectivity index (χ1) is 8.34. The van der Waals surface area contributed by atoms with Gasteiger partial charge in [0.05, 0.1) is 5.92 Å². The normalized spacial score (nSPS) is 31.3. The molecule has 0 bridgehead atoms. The number of methoxy groups -OCH3 is 1. The van der Waals surface area contributed by atoms with Crippen LogP contribution in [0.1, 0.15) is 12.8 Å². The minimum atomic E-state index is -1.43. The van der Waals surface area contributed by atoms with Crippen molar-refractivity contribution in [3.8, 4) is 0 Å². The van der Waals surface area contributed by atoms with Gasteiger partial charge in [-0.05, 0) is 41.2 Å². The molecule has 1 aliphatic carbocycles. The van der Waals surface area contributed by atoms with E-state index in [1.54, 1.807) is 0 Å². The first-order valence-corrected chi connectivity index (χ1v) is 6.23. The molecular formula is C10H11Cl3O5. The van der Waals surface area contributed by atoms with E-state index in [-0.39, 0.29) is 12.8 Å². The highest BCUT2D eigenvalue weighted by Crippen LogP contribution is 2.45. The van der Waals surface area contributed by atoms with Gasteiger partial charge >= 0.3 is 0 Å². The van der Waals surface area contributed by atoms with E-state index >= 15 is 0 Å². The Kier molecular flexibility index (Phi) is 5.55. The van der Waals surface area contributed by atoms with Crippen molar-refractivity contribution < 1.29 is 23.9 Å². The quantitative estimate of drug-likeness (QED) is 0.550. The fourth-order valence-corrected chi connectivity index (χ4v) is 2.80. The average Bonchev–Trinajstić information content (AvgIpc) is 2.66. The smallest absolute Gasteiger partial charge is 0.247 e. The van der Waals surface area contributed by atoms with E-state index in [1.807, 2.05) is 0 Å². The Morgan fingerprint density at radius 2 is 1.83 bits per heavy atom. The largest absolute Gasteiger partial charge is 0.352 e. The van der Waals surface area contributed by atoms with E-state index in [1.165, 1.54) is 7.11 Å². The summed E-state index contributed by atoms with van der Waals surface area (Å²) in [6, 6.07) is 0. The zero-order valence-electron chi connectivity index (χ0n) is 9.45. The third-order valence-electron chi connectivity index (χ3n) is 2.99. The fraction of sp³-hybridized carbons (Fsp3) is 0.700. The highest BCUT2D eigenvalue weighted by Gasteiger charge is 2.55. The Morgan fingerprint density at radius 3 is 2.22 bits per heavy atom. The SMILES string of the molecule is COC1(OCC(=O)Cl)CCC(C(=O)Cl)C1C(=O)Cl. The molecule has 0 aromatic carbocycles. The lowest BCUT2D eigenvalue weighted by molar-refractivity contribution is -0.237. The highest BCUT2D eigenvalue weighted by molar-refractivity contribution is 6.67. The molecule has 3 atom stereocenters. The average molecular weight is 318 g/mol. The molecule has 5 nitrogen and oxygen atoms in total. The van der Waals surface area contributed by atoms with Crippen molar-refractivity contribution >= 4 is 50.5 Å². The molecule has 1 rings (SSSR count). The molecule has 0 heterocycles. The van der Waals surface area contributed by atoms with Gasteiger partial charge < -0.3 is 9.47 Å². The predicted molar refractivity (Wildman–Crippen MR) is 64.5 cm³/mol. The molecular weight excluding hydrogens is 306 g/mol. The van der Waals surface area contributed by atoms with Gasteiger partial charge in [-0.3, -0.25) is 14.4 Å². The second-order valence-corrected chi connectivity index (χ2v) is 5.06. The summed E-state index contributed by atoms with van der Waals surface area (Å²) in [6.07, 6.45) is 0.510. The highest BCUT2D eigenvalue weighted by atomic mass is 35.5. The number of carbonyl (C=O) groups excluding carboxylic acids is 3. The monoisotopic (exact) mass is 316 g/mol. The fourth-order valence-electron chi connectivity index (χ4n) is 2.19. The van der Waals surface area contributed by atoms with Gasteiger partial charge in [0.1, 0.15) is 6.61 Å². The molecule has 0 saturated heterocycles. The van der Waals surface area contributed by atoms with Crippen LogP contribution in [0.3, 0.4) is 0 Å². The molecule has 1 saturated carbocycles. The molecule has 0 aromatic rings. The molecule has 0 aliphatic heterocycles. The van der Waals surface area contributed by atoms with E-state index in [2.05, 4.69) is 0 Å². The van der Waals surface area contributed by atoms with Gasteiger partial charge in [-0.25, -0.2) is 0 Å². The molecule has 1 aliphatic rings. The molecule has 102 valence electrons. The Bertz CT molecular complexity index is 373. The lowest BCUT2D eigenvalue weighted by Gasteiger charge is -2.32. The summed E-state index contributed by atoms with van der Waals surface area (Å²) in [5, 5.41) is -2.23. The zero-order valence-corrected chi connectivity index (χ0v) is 11.7. The number of hydrogen-bond donors (Lipinski definition) is 0. The third-order valence-corrected chi connectivity index (χ3v) is 3.62. The van der Waals surface area contributed by atoms with Crippen molar-refractivity contribution in [3.05, 3.63) is 0 Å². The maximum atomic E-state index is 11.5. The van der Waals surface area contributed by atoms with Crippen LogP contribution in [0.5, 0.6) is 0 Å². The predicted octanol–water partition coefficient (Wildman–Crippen LogP) is 1.67. The van der Waals surface area contributed by atoms with Gasteiger partial charge in [-0.1, -0.05) is 0 Å². The van der Waals surface area contributed by atoms with Crippen LogP contribution in [-0.2, 0) is 23.9 Å².